The number of ketones is 1. The van der Waals surface area contributed by atoms with Gasteiger partial charge in [-0.05, 0) is 56.5 Å². The number of likely N-dealkylation sites (tertiary alicyclic amines) is 1. The van der Waals surface area contributed by atoms with Gasteiger partial charge in [-0.2, -0.15) is 0 Å². The first-order chi connectivity index (χ1) is 9.11. The average Bonchev–Trinajstić information content (AvgIpc) is 2.46. The summed E-state index contributed by atoms with van der Waals surface area (Å²) in [6.45, 7) is 3.69. The summed E-state index contributed by atoms with van der Waals surface area (Å²) in [6, 6.07) is 5.46. The molecule has 19 heavy (non-hydrogen) atoms. The van der Waals surface area contributed by atoms with Crippen LogP contribution in [0, 0.1) is 11.7 Å². The Balaban J connectivity index is 2.04. The molecule has 104 valence electrons. The molecule has 2 rings (SSSR count). The highest BCUT2D eigenvalue weighted by molar-refractivity contribution is 5.99. The highest BCUT2D eigenvalue weighted by Gasteiger charge is 2.27. The van der Waals surface area contributed by atoms with Crippen LogP contribution in [-0.2, 0) is 0 Å². The van der Waals surface area contributed by atoms with Crippen molar-refractivity contribution >= 4 is 5.78 Å². The molecule has 1 fully saturated rings. The molecule has 0 radical (unpaired) electrons. The molecule has 1 saturated heterocycles. The largest absolute Gasteiger partial charge is 0.396 e. The summed E-state index contributed by atoms with van der Waals surface area (Å²) in [5.41, 5.74) is 0.542. The minimum atomic E-state index is -0.331. The molecule has 0 saturated carbocycles. The van der Waals surface area contributed by atoms with Gasteiger partial charge in [0.25, 0.3) is 0 Å². The van der Waals surface area contributed by atoms with E-state index in [1.54, 1.807) is 0 Å². The molecule has 2 unspecified atom stereocenters. The van der Waals surface area contributed by atoms with Crippen LogP contribution in [0.5, 0.6) is 0 Å². The zero-order chi connectivity index (χ0) is 13.8. The molecule has 2 atom stereocenters. The molecule has 1 N–H and O–H groups in total. The topological polar surface area (TPSA) is 40.5 Å². The van der Waals surface area contributed by atoms with Gasteiger partial charge in [0.15, 0.2) is 5.78 Å². The normalized spacial score (nSPS) is 22.2. The minimum absolute atomic E-state index is 0.0126. The monoisotopic (exact) mass is 265 g/mol. The molecule has 0 spiro atoms. The van der Waals surface area contributed by atoms with Gasteiger partial charge >= 0.3 is 0 Å². The fourth-order valence-corrected chi connectivity index (χ4v) is 2.62. The smallest absolute Gasteiger partial charge is 0.179 e. The van der Waals surface area contributed by atoms with Crippen molar-refractivity contribution in [2.45, 2.75) is 25.8 Å². The standard InChI is InChI=1S/C15H20FNO2/c1-11(17-8-2-3-12(9-17)10-18)15(19)13-4-6-14(16)7-5-13/h4-7,11-12,18H,2-3,8-10H2,1H3. The Morgan fingerprint density at radius 1 is 1.47 bits per heavy atom. The van der Waals surface area contributed by atoms with Crippen LogP contribution in [0.3, 0.4) is 0 Å². The van der Waals surface area contributed by atoms with Gasteiger partial charge in [-0.1, -0.05) is 0 Å². The van der Waals surface area contributed by atoms with E-state index < -0.39 is 0 Å². The van der Waals surface area contributed by atoms with Crippen LogP contribution in [-0.4, -0.2) is 41.5 Å². The lowest BCUT2D eigenvalue weighted by Gasteiger charge is -2.35. The number of benzene rings is 1. The molecule has 0 amide bonds. The number of halogens is 1. The summed E-state index contributed by atoms with van der Waals surface area (Å²) in [7, 11) is 0. The van der Waals surface area contributed by atoms with Gasteiger partial charge in [0.05, 0.1) is 6.04 Å². The maximum absolute atomic E-state index is 12.9. The minimum Gasteiger partial charge on any atom is -0.396 e. The first-order valence-electron chi connectivity index (χ1n) is 6.76. The SMILES string of the molecule is CC(C(=O)c1ccc(F)cc1)N1CCCC(CO)C1. The number of aliphatic hydroxyl groups is 1. The molecule has 0 bridgehead atoms. The van der Waals surface area contributed by atoms with Crippen molar-refractivity contribution in [1.82, 2.24) is 4.90 Å². The van der Waals surface area contributed by atoms with Gasteiger partial charge < -0.3 is 5.11 Å². The van der Waals surface area contributed by atoms with Gasteiger partial charge in [-0.15, -0.1) is 0 Å². The molecule has 1 aliphatic rings. The van der Waals surface area contributed by atoms with E-state index in [-0.39, 0.29) is 30.2 Å². The number of aliphatic hydroxyl groups excluding tert-OH is 1. The van der Waals surface area contributed by atoms with E-state index in [1.165, 1.54) is 24.3 Å². The van der Waals surface area contributed by atoms with Gasteiger partial charge in [0.2, 0.25) is 0 Å². The Hall–Kier alpha value is -1.26. The molecule has 0 aromatic heterocycles. The van der Waals surface area contributed by atoms with Crippen molar-refractivity contribution in [3.8, 4) is 0 Å². The highest BCUT2D eigenvalue weighted by Crippen LogP contribution is 2.20. The van der Waals surface area contributed by atoms with Crippen molar-refractivity contribution in [1.29, 1.82) is 0 Å². The van der Waals surface area contributed by atoms with Crippen LogP contribution in [0.4, 0.5) is 4.39 Å². The van der Waals surface area contributed by atoms with Gasteiger partial charge in [-0.3, -0.25) is 9.69 Å². The molecular weight excluding hydrogens is 245 g/mol. The zero-order valence-electron chi connectivity index (χ0n) is 11.2. The summed E-state index contributed by atoms with van der Waals surface area (Å²) >= 11 is 0. The van der Waals surface area contributed by atoms with Gasteiger partial charge in [-0.25, -0.2) is 4.39 Å². The van der Waals surface area contributed by atoms with Gasteiger partial charge in [0, 0.05) is 18.7 Å². The van der Waals surface area contributed by atoms with E-state index in [0.717, 1.165) is 25.9 Å². The second kappa shape index (κ2) is 6.26. The second-order valence-corrected chi connectivity index (χ2v) is 5.23. The molecule has 4 heteroatoms. The number of carbonyl (C=O) groups is 1. The Morgan fingerprint density at radius 2 is 2.16 bits per heavy atom. The summed E-state index contributed by atoms with van der Waals surface area (Å²) in [5, 5.41) is 9.22. The number of nitrogens with zero attached hydrogens (tertiary/aromatic N) is 1. The summed E-state index contributed by atoms with van der Waals surface area (Å²) in [4.78, 5) is 14.4. The number of Topliss-reactive ketones (excluding diaryl/α,β-unsaturated/α-hetero) is 1. The van der Waals surface area contributed by atoms with Crippen LogP contribution < -0.4 is 0 Å². The summed E-state index contributed by atoms with van der Waals surface area (Å²) in [5.74, 6) is -0.0571. The lowest BCUT2D eigenvalue weighted by atomic mass is 9.95. The quantitative estimate of drug-likeness (QED) is 0.848. The molecule has 3 nitrogen and oxygen atoms in total. The third-order valence-corrected chi connectivity index (χ3v) is 3.86. The van der Waals surface area contributed by atoms with Crippen LogP contribution in [0.25, 0.3) is 0 Å². The summed E-state index contributed by atoms with van der Waals surface area (Å²) in [6.07, 6.45) is 2.02. The Bertz CT molecular complexity index is 432. The van der Waals surface area contributed by atoms with E-state index in [1.807, 2.05) is 6.92 Å². The van der Waals surface area contributed by atoms with Crippen LogP contribution >= 0.6 is 0 Å². The number of piperidine rings is 1. The maximum atomic E-state index is 12.9. The molecule has 0 aliphatic carbocycles. The van der Waals surface area contributed by atoms with E-state index >= 15 is 0 Å². The molecule has 1 aliphatic heterocycles. The number of rotatable bonds is 4. The fourth-order valence-electron chi connectivity index (χ4n) is 2.62. The van der Waals surface area contributed by atoms with E-state index in [9.17, 15) is 14.3 Å². The third kappa shape index (κ3) is 3.39. The Labute approximate surface area is 113 Å². The van der Waals surface area contributed by atoms with Crippen molar-refractivity contribution in [2.24, 2.45) is 5.92 Å². The lowest BCUT2D eigenvalue weighted by molar-refractivity contribution is 0.0673. The lowest BCUT2D eigenvalue weighted by Crippen LogP contribution is -2.45. The van der Waals surface area contributed by atoms with Crippen molar-refractivity contribution in [2.75, 3.05) is 19.7 Å². The van der Waals surface area contributed by atoms with Crippen LogP contribution in [0.2, 0.25) is 0 Å². The first-order valence-corrected chi connectivity index (χ1v) is 6.76. The van der Waals surface area contributed by atoms with E-state index in [0.29, 0.717) is 5.56 Å². The predicted molar refractivity (Wildman–Crippen MR) is 71.6 cm³/mol. The van der Waals surface area contributed by atoms with Crippen molar-refractivity contribution in [3.05, 3.63) is 35.6 Å². The molecule has 1 aromatic carbocycles. The number of carbonyl (C=O) groups excluding carboxylic acids is 1. The van der Waals surface area contributed by atoms with Crippen molar-refractivity contribution in [3.63, 3.8) is 0 Å². The van der Waals surface area contributed by atoms with Gasteiger partial charge in [0.1, 0.15) is 5.82 Å². The molecule has 1 aromatic rings. The predicted octanol–water partition coefficient (Wildman–Crippen LogP) is 2.10. The van der Waals surface area contributed by atoms with Crippen molar-refractivity contribution < 1.29 is 14.3 Å². The number of hydrogen-bond donors (Lipinski definition) is 1. The molecular formula is C15H20FNO2. The maximum Gasteiger partial charge on any atom is 0.179 e. The highest BCUT2D eigenvalue weighted by atomic mass is 19.1. The average molecular weight is 265 g/mol. The second-order valence-electron chi connectivity index (χ2n) is 5.23. The summed E-state index contributed by atoms with van der Waals surface area (Å²) < 4.78 is 12.9. The van der Waals surface area contributed by atoms with E-state index in [4.69, 9.17) is 0 Å². The first kappa shape index (κ1) is 14.2. The van der Waals surface area contributed by atoms with Crippen LogP contribution in [0.15, 0.2) is 24.3 Å². The Kier molecular flexibility index (Phi) is 4.66. The van der Waals surface area contributed by atoms with Crippen LogP contribution in [0.1, 0.15) is 30.1 Å². The number of hydrogen-bond acceptors (Lipinski definition) is 3. The molecule has 1 heterocycles. The third-order valence-electron chi connectivity index (χ3n) is 3.86. The zero-order valence-corrected chi connectivity index (χ0v) is 11.2. The van der Waals surface area contributed by atoms with E-state index in [2.05, 4.69) is 4.90 Å². The fraction of sp³-hybridized carbons (Fsp3) is 0.533. The Morgan fingerprint density at radius 3 is 2.79 bits per heavy atom.